The van der Waals surface area contributed by atoms with E-state index < -0.39 is 0 Å². The number of allylic oxidation sites excluding steroid dienone is 1. The van der Waals surface area contributed by atoms with E-state index in [0.717, 1.165) is 17.7 Å². The van der Waals surface area contributed by atoms with Crippen LogP contribution in [0.15, 0.2) is 18.7 Å². The van der Waals surface area contributed by atoms with Crippen LogP contribution in [0.5, 0.6) is 5.75 Å². The van der Waals surface area contributed by atoms with Crippen molar-refractivity contribution >= 4 is 5.57 Å². The zero-order chi connectivity index (χ0) is 12.1. The molecule has 0 saturated heterocycles. The lowest BCUT2D eigenvalue weighted by Gasteiger charge is -2.11. The minimum Gasteiger partial charge on any atom is -0.496 e. The fourth-order valence-corrected chi connectivity index (χ4v) is 2.26. The second kappa shape index (κ2) is 5.74. The van der Waals surface area contributed by atoms with Crippen LogP contribution in [0.25, 0.3) is 5.57 Å². The number of hydrogen-bond acceptors (Lipinski definition) is 1. The number of ether oxygens (including phenoxy) is 1. The summed E-state index contributed by atoms with van der Waals surface area (Å²) in [7, 11) is 1.74. The molecule has 1 aliphatic rings. The van der Waals surface area contributed by atoms with Gasteiger partial charge >= 0.3 is 0 Å². The zero-order valence-corrected chi connectivity index (χ0v) is 10.9. The van der Waals surface area contributed by atoms with Crippen molar-refractivity contribution in [3.05, 3.63) is 35.4 Å². The Balaban J connectivity index is 0.000000606. The van der Waals surface area contributed by atoms with E-state index in [1.807, 2.05) is 13.8 Å². The molecule has 0 heterocycles. The lowest BCUT2D eigenvalue weighted by molar-refractivity contribution is 0.410. The molecule has 0 fully saturated rings. The van der Waals surface area contributed by atoms with E-state index in [1.54, 1.807) is 7.11 Å². The van der Waals surface area contributed by atoms with Crippen molar-refractivity contribution in [2.45, 2.75) is 40.0 Å². The second-order valence-electron chi connectivity index (χ2n) is 3.91. The molecule has 0 aliphatic heterocycles. The molecule has 0 radical (unpaired) electrons. The molecule has 88 valence electrons. The van der Waals surface area contributed by atoms with Gasteiger partial charge in [0.05, 0.1) is 7.11 Å². The van der Waals surface area contributed by atoms with Crippen LogP contribution in [-0.4, -0.2) is 7.11 Å². The Labute approximate surface area is 99.1 Å². The van der Waals surface area contributed by atoms with Gasteiger partial charge in [-0.3, -0.25) is 0 Å². The highest BCUT2D eigenvalue weighted by atomic mass is 16.5. The number of rotatable bonds is 2. The molecular weight excluding hydrogens is 196 g/mol. The summed E-state index contributed by atoms with van der Waals surface area (Å²) in [6.07, 6.45) is 3.57. The molecule has 1 nitrogen and oxygen atoms in total. The lowest BCUT2D eigenvalue weighted by atomic mass is 9.98. The Morgan fingerprint density at radius 1 is 1.19 bits per heavy atom. The summed E-state index contributed by atoms with van der Waals surface area (Å²) >= 11 is 0. The Kier molecular flexibility index (Phi) is 4.60. The summed E-state index contributed by atoms with van der Waals surface area (Å²) in [5.74, 6) is 1.04. The number of fused-ring (bicyclic) bond motifs is 1. The maximum atomic E-state index is 5.36. The van der Waals surface area contributed by atoms with E-state index in [9.17, 15) is 0 Å². The Bertz CT molecular complexity index is 377. The van der Waals surface area contributed by atoms with Crippen LogP contribution in [0.1, 0.15) is 43.9 Å². The van der Waals surface area contributed by atoms with Gasteiger partial charge in [-0.1, -0.05) is 32.1 Å². The SMILES string of the molecule is C=C(C)c1ccc(OC)c2c1CCC2.CC. The average Bonchev–Trinajstić information content (AvgIpc) is 2.78. The first-order chi connectivity index (χ1) is 7.74. The molecule has 0 spiro atoms. The van der Waals surface area contributed by atoms with Crippen molar-refractivity contribution in [1.82, 2.24) is 0 Å². The monoisotopic (exact) mass is 218 g/mol. The minimum absolute atomic E-state index is 1.04. The highest BCUT2D eigenvalue weighted by Crippen LogP contribution is 2.35. The first-order valence-corrected chi connectivity index (χ1v) is 6.08. The van der Waals surface area contributed by atoms with Crippen molar-refractivity contribution in [3.8, 4) is 5.75 Å². The average molecular weight is 218 g/mol. The Morgan fingerprint density at radius 2 is 1.81 bits per heavy atom. The zero-order valence-electron chi connectivity index (χ0n) is 10.9. The molecule has 1 aliphatic carbocycles. The van der Waals surface area contributed by atoms with Gasteiger partial charge in [0.25, 0.3) is 0 Å². The summed E-state index contributed by atoms with van der Waals surface area (Å²) in [6.45, 7) is 10.1. The second-order valence-corrected chi connectivity index (χ2v) is 3.91. The molecule has 2 rings (SSSR count). The van der Waals surface area contributed by atoms with Gasteiger partial charge in [-0.15, -0.1) is 0 Å². The topological polar surface area (TPSA) is 9.23 Å². The third kappa shape index (κ3) is 2.29. The maximum Gasteiger partial charge on any atom is 0.122 e. The van der Waals surface area contributed by atoms with Crippen LogP contribution in [0, 0.1) is 0 Å². The van der Waals surface area contributed by atoms with E-state index in [2.05, 4.69) is 25.6 Å². The van der Waals surface area contributed by atoms with E-state index in [4.69, 9.17) is 4.74 Å². The Hall–Kier alpha value is -1.24. The van der Waals surface area contributed by atoms with Gasteiger partial charge in [0, 0.05) is 0 Å². The largest absolute Gasteiger partial charge is 0.496 e. The summed E-state index contributed by atoms with van der Waals surface area (Å²) in [6, 6.07) is 4.19. The van der Waals surface area contributed by atoms with Crippen LogP contribution >= 0.6 is 0 Å². The quantitative estimate of drug-likeness (QED) is 0.721. The summed E-state index contributed by atoms with van der Waals surface area (Å²) < 4.78 is 5.36. The molecule has 0 aromatic heterocycles. The molecule has 1 heteroatoms. The maximum absolute atomic E-state index is 5.36. The van der Waals surface area contributed by atoms with E-state index in [1.165, 1.54) is 29.5 Å². The molecule has 0 unspecified atom stereocenters. The number of methoxy groups -OCH3 is 1. The summed E-state index contributed by atoms with van der Waals surface area (Å²) in [5, 5.41) is 0. The molecule has 1 aromatic rings. The van der Waals surface area contributed by atoms with Crippen molar-refractivity contribution in [2.75, 3.05) is 7.11 Å². The van der Waals surface area contributed by atoms with Crippen LogP contribution < -0.4 is 4.74 Å². The molecule has 0 N–H and O–H groups in total. The number of benzene rings is 1. The predicted molar refractivity (Wildman–Crippen MR) is 71.1 cm³/mol. The molecule has 0 saturated carbocycles. The molecule has 1 aromatic carbocycles. The molecule has 16 heavy (non-hydrogen) atoms. The van der Waals surface area contributed by atoms with Crippen molar-refractivity contribution in [1.29, 1.82) is 0 Å². The van der Waals surface area contributed by atoms with E-state index in [0.29, 0.717) is 0 Å². The third-order valence-electron chi connectivity index (χ3n) is 2.92. The van der Waals surface area contributed by atoms with Crippen molar-refractivity contribution in [2.24, 2.45) is 0 Å². The van der Waals surface area contributed by atoms with Gasteiger partial charge in [-0.05, 0) is 48.9 Å². The lowest BCUT2D eigenvalue weighted by Crippen LogP contribution is -1.94. The van der Waals surface area contributed by atoms with Gasteiger partial charge in [0.2, 0.25) is 0 Å². The molecule has 0 amide bonds. The number of hydrogen-bond donors (Lipinski definition) is 0. The third-order valence-corrected chi connectivity index (χ3v) is 2.92. The van der Waals surface area contributed by atoms with E-state index >= 15 is 0 Å². The van der Waals surface area contributed by atoms with Gasteiger partial charge in [0.15, 0.2) is 0 Å². The fraction of sp³-hybridized carbons (Fsp3) is 0.467. The van der Waals surface area contributed by atoms with Gasteiger partial charge in [-0.2, -0.15) is 0 Å². The normalized spacial score (nSPS) is 12.5. The standard InChI is InChI=1S/C13H16O.C2H6/c1-9(2)10-7-8-13(14-3)12-6-4-5-11(10)12;1-2/h7-8H,1,4-6H2,2-3H3;1-2H3. The first kappa shape index (κ1) is 12.8. The predicted octanol–water partition coefficient (Wildman–Crippen LogP) is 4.24. The van der Waals surface area contributed by atoms with Gasteiger partial charge in [0.1, 0.15) is 5.75 Å². The molecule has 0 atom stereocenters. The highest BCUT2D eigenvalue weighted by Gasteiger charge is 2.18. The van der Waals surface area contributed by atoms with Crippen LogP contribution in [0.2, 0.25) is 0 Å². The van der Waals surface area contributed by atoms with Crippen LogP contribution in [0.3, 0.4) is 0 Å². The smallest absolute Gasteiger partial charge is 0.122 e. The van der Waals surface area contributed by atoms with Crippen molar-refractivity contribution in [3.63, 3.8) is 0 Å². The van der Waals surface area contributed by atoms with Crippen LogP contribution in [0.4, 0.5) is 0 Å². The highest BCUT2D eigenvalue weighted by molar-refractivity contribution is 5.68. The summed E-state index contributed by atoms with van der Waals surface area (Å²) in [5.41, 5.74) is 5.33. The van der Waals surface area contributed by atoms with Crippen molar-refractivity contribution < 1.29 is 4.74 Å². The van der Waals surface area contributed by atoms with Crippen LogP contribution in [-0.2, 0) is 12.8 Å². The summed E-state index contributed by atoms with van der Waals surface area (Å²) in [4.78, 5) is 0. The Morgan fingerprint density at radius 3 is 2.38 bits per heavy atom. The fourth-order valence-electron chi connectivity index (χ4n) is 2.26. The minimum atomic E-state index is 1.04. The first-order valence-electron chi connectivity index (χ1n) is 6.08. The van der Waals surface area contributed by atoms with Gasteiger partial charge in [-0.25, -0.2) is 0 Å². The van der Waals surface area contributed by atoms with E-state index in [-0.39, 0.29) is 0 Å². The molecular formula is C15H22O. The molecule has 0 bridgehead atoms. The van der Waals surface area contributed by atoms with Gasteiger partial charge < -0.3 is 4.74 Å².